The minimum absolute atomic E-state index is 0.0804. The fraction of sp³-hybridized carbons (Fsp3) is 0.294. The molecule has 0 saturated heterocycles. The third-order valence-corrected chi connectivity index (χ3v) is 4.31. The van der Waals surface area contributed by atoms with Crippen LogP contribution in [0.3, 0.4) is 0 Å². The average Bonchev–Trinajstić information content (AvgIpc) is 2.89. The molecule has 0 unspecified atom stereocenters. The minimum Gasteiger partial charge on any atom is -0.455 e. The molecule has 6 nitrogen and oxygen atoms in total. The highest BCUT2D eigenvalue weighted by Gasteiger charge is 2.26. The van der Waals surface area contributed by atoms with E-state index in [1.165, 1.54) is 4.52 Å². The lowest BCUT2D eigenvalue weighted by atomic mass is 9.88. The van der Waals surface area contributed by atoms with E-state index in [1.807, 2.05) is 30.3 Å². The lowest BCUT2D eigenvalue weighted by Crippen LogP contribution is -2.16. The van der Waals surface area contributed by atoms with Crippen molar-refractivity contribution in [1.82, 2.24) is 19.8 Å². The Labute approximate surface area is 153 Å². The van der Waals surface area contributed by atoms with Gasteiger partial charge >= 0.3 is 5.97 Å². The molecule has 2 heterocycles. The number of aromatic nitrogens is 4. The highest BCUT2D eigenvalue weighted by Crippen LogP contribution is 2.30. The summed E-state index contributed by atoms with van der Waals surface area (Å²) in [5.41, 5.74) is 2.60. The Morgan fingerprint density at radius 2 is 1.96 bits per heavy atom. The van der Waals surface area contributed by atoms with Crippen molar-refractivity contribution >= 4 is 34.1 Å². The van der Waals surface area contributed by atoms with Gasteiger partial charge in [-0.1, -0.05) is 51.1 Å². The van der Waals surface area contributed by atoms with Crippen LogP contribution in [0.15, 0.2) is 36.5 Å². The second-order valence-electron chi connectivity index (χ2n) is 6.44. The van der Waals surface area contributed by atoms with Crippen molar-refractivity contribution in [2.45, 2.75) is 32.8 Å². The number of fused-ring (bicyclic) bond motifs is 1. The molecule has 124 valence electrons. The molecule has 0 spiro atoms. The molecule has 0 saturated carbocycles. The fourth-order valence-corrected chi connectivity index (χ4v) is 3.77. The zero-order chi connectivity index (χ0) is 17.3. The van der Waals surface area contributed by atoms with Crippen LogP contribution in [0.5, 0.6) is 0 Å². The molecular weight excluding hydrogens is 419 g/mol. The number of rotatable bonds is 3. The Morgan fingerprint density at radius 1 is 1.25 bits per heavy atom. The number of carbonyl (C=O) groups excluding carboxylic acids is 1. The summed E-state index contributed by atoms with van der Waals surface area (Å²) in [6.07, 6.45) is 1.63. The zero-order valence-corrected chi connectivity index (χ0v) is 15.8. The van der Waals surface area contributed by atoms with Gasteiger partial charge in [0.1, 0.15) is 10.3 Å². The SMILES string of the molecule is CC(C)(C)c1c(I)nn2c(C(=O)OCc3ccccc3)nncc12. The molecule has 3 rings (SSSR count). The van der Waals surface area contributed by atoms with Crippen LogP contribution in [0.25, 0.3) is 5.52 Å². The van der Waals surface area contributed by atoms with E-state index >= 15 is 0 Å². The van der Waals surface area contributed by atoms with E-state index in [0.717, 1.165) is 20.3 Å². The van der Waals surface area contributed by atoms with Gasteiger partial charge < -0.3 is 4.74 Å². The standard InChI is InChI=1S/C17H17IN4O2/c1-17(2,3)13-12-9-19-20-15(22(12)21-14(13)18)16(23)24-10-11-7-5-4-6-8-11/h4-9H,10H2,1-3H3. The number of esters is 1. The van der Waals surface area contributed by atoms with E-state index in [1.54, 1.807) is 6.20 Å². The predicted octanol–water partition coefficient (Wildman–Crippen LogP) is 3.38. The number of halogens is 1. The van der Waals surface area contributed by atoms with E-state index in [4.69, 9.17) is 4.74 Å². The summed E-state index contributed by atoms with van der Waals surface area (Å²) in [5, 5.41) is 12.3. The molecule has 0 aliphatic carbocycles. The summed E-state index contributed by atoms with van der Waals surface area (Å²) in [6, 6.07) is 9.50. The van der Waals surface area contributed by atoms with Crippen molar-refractivity contribution in [3.8, 4) is 0 Å². The highest BCUT2D eigenvalue weighted by molar-refractivity contribution is 14.1. The van der Waals surface area contributed by atoms with Gasteiger partial charge in [0.2, 0.25) is 0 Å². The van der Waals surface area contributed by atoms with E-state index in [-0.39, 0.29) is 17.8 Å². The molecule has 0 bridgehead atoms. The minimum atomic E-state index is -0.545. The topological polar surface area (TPSA) is 69.4 Å². The van der Waals surface area contributed by atoms with Crippen molar-refractivity contribution < 1.29 is 9.53 Å². The molecule has 0 amide bonds. The maximum atomic E-state index is 12.4. The first kappa shape index (κ1) is 16.8. The van der Waals surface area contributed by atoms with Gasteiger partial charge in [-0.2, -0.15) is 10.2 Å². The van der Waals surface area contributed by atoms with Gasteiger partial charge in [-0.25, -0.2) is 9.31 Å². The number of benzene rings is 1. The van der Waals surface area contributed by atoms with Crippen molar-refractivity contribution in [2.24, 2.45) is 0 Å². The number of hydrogen-bond acceptors (Lipinski definition) is 5. The maximum Gasteiger partial charge on any atom is 0.378 e. The molecule has 1 aromatic carbocycles. The van der Waals surface area contributed by atoms with Crippen LogP contribution in [0.1, 0.15) is 42.5 Å². The lowest BCUT2D eigenvalue weighted by molar-refractivity contribution is 0.0452. The molecule has 0 radical (unpaired) electrons. The van der Waals surface area contributed by atoms with Crippen molar-refractivity contribution in [3.05, 3.63) is 57.2 Å². The zero-order valence-electron chi connectivity index (χ0n) is 13.7. The molecule has 0 aliphatic rings. The number of hydrogen-bond donors (Lipinski definition) is 0. The summed E-state index contributed by atoms with van der Waals surface area (Å²) < 4.78 is 7.69. The highest BCUT2D eigenvalue weighted by atomic mass is 127. The fourth-order valence-electron chi connectivity index (χ4n) is 2.47. The Bertz CT molecular complexity index is 885. The molecule has 0 aliphatic heterocycles. The van der Waals surface area contributed by atoms with E-state index < -0.39 is 5.97 Å². The molecule has 2 aromatic heterocycles. The molecule has 3 aromatic rings. The van der Waals surface area contributed by atoms with Gasteiger partial charge in [-0.3, -0.25) is 0 Å². The van der Waals surface area contributed by atoms with Gasteiger partial charge in [-0.15, -0.1) is 5.10 Å². The molecule has 7 heteroatoms. The number of ether oxygens (including phenoxy) is 1. The summed E-state index contributed by atoms with van der Waals surface area (Å²) in [5.74, 6) is -0.465. The van der Waals surface area contributed by atoms with Gasteiger partial charge in [0.25, 0.3) is 5.82 Å². The van der Waals surface area contributed by atoms with E-state index in [2.05, 4.69) is 58.7 Å². The van der Waals surface area contributed by atoms with Gasteiger partial charge in [0, 0.05) is 5.56 Å². The quantitative estimate of drug-likeness (QED) is 0.465. The van der Waals surface area contributed by atoms with Gasteiger partial charge in [0.15, 0.2) is 0 Å². The first-order valence-corrected chi connectivity index (χ1v) is 8.57. The van der Waals surface area contributed by atoms with Gasteiger partial charge in [0.05, 0.1) is 11.7 Å². The van der Waals surface area contributed by atoms with E-state index in [0.29, 0.717) is 0 Å². The lowest BCUT2D eigenvalue weighted by Gasteiger charge is -2.17. The first-order chi connectivity index (χ1) is 11.4. The number of carbonyl (C=O) groups is 1. The Balaban J connectivity index is 1.94. The molecular formula is C17H17IN4O2. The van der Waals surface area contributed by atoms with Crippen LogP contribution in [0.2, 0.25) is 0 Å². The van der Waals surface area contributed by atoms with Crippen molar-refractivity contribution in [2.75, 3.05) is 0 Å². The number of nitrogens with zero attached hydrogens (tertiary/aromatic N) is 4. The second-order valence-corrected chi connectivity index (χ2v) is 7.46. The summed E-state index contributed by atoms with van der Waals surface area (Å²) in [7, 11) is 0. The third-order valence-electron chi connectivity index (χ3n) is 3.56. The molecule has 0 fully saturated rings. The Morgan fingerprint density at radius 3 is 2.62 bits per heavy atom. The smallest absolute Gasteiger partial charge is 0.378 e. The van der Waals surface area contributed by atoms with Crippen molar-refractivity contribution in [3.63, 3.8) is 0 Å². The monoisotopic (exact) mass is 436 g/mol. The molecule has 24 heavy (non-hydrogen) atoms. The van der Waals surface area contributed by atoms with Crippen LogP contribution < -0.4 is 0 Å². The van der Waals surface area contributed by atoms with Gasteiger partial charge in [-0.05, 0) is 33.6 Å². The normalized spacial score (nSPS) is 11.7. The average molecular weight is 436 g/mol. The molecule has 0 N–H and O–H groups in total. The molecule has 0 atom stereocenters. The first-order valence-electron chi connectivity index (χ1n) is 7.49. The summed E-state index contributed by atoms with van der Waals surface area (Å²) >= 11 is 2.17. The Hall–Kier alpha value is -2.03. The van der Waals surface area contributed by atoms with Crippen LogP contribution in [-0.4, -0.2) is 25.8 Å². The Kier molecular flexibility index (Phi) is 4.53. The van der Waals surface area contributed by atoms with E-state index in [9.17, 15) is 4.79 Å². The third kappa shape index (κ3) is 3.26. The largest absolute Gasteiger partial charge is 0.455 e. The predicted molar refractivity (Wildman–Crippen MR) is 97.8 cm³/mol. The summed E-state index contributed by atoms with van der Waals surface area (Å²) in [4.78, 5) is 12.4. The van der Waals surface area contributed by atoms with Crippen LogP contribution >= 0.6 is 22.6 Å². The van der Waals surface area contributed by atoms with Crippen LogP contribution in [-0.2, 0) is 16.8 Å². The van der Waals surface area contributed by atoms with Crippen LogP contribution in [0, 0.1) is 3.70 Å². The second kappa shape index (κ2) is 6.46. The van der Waals surface area contributed by atoms with Crippen molar-refractivity contribution in [1.29, 1.82) is 0 Å². The maximum absolute atomic E-state index is 12.4. The summed E-state index contributed by atoms with van der Waals surface area (Å²) in [6.45, 7) is 6.47. The van der Waals surface area contributed by atoms with Crippen LogP contribution in [0.4, 0.5) is 0 Å².